The van der Waals surface area contributed by atoms with Crippen molar-refractivity contribution in [1.82, 2.24) is 5.32 Å². The van der Waals surface area contributed by atoms with Crippen LogP contribution >= 0.6 is 0 Å². The third-order valence-electron chi connectivity index (χ3n) is 3.65. The summed E-state index contributed by atoms with van der Waals surface area (Å²) in [4.78, 5) is 11.9. The van der Waals surface area contributed by atoms with Crippen molar-refractivity contribution in [3.05, 3.63) is 35.9 Å². The fourth-order valence-electron chi connectivity index (χ4n) is 2.37. The maximum atomic E-state index is 11.9. The lowest BCUT2D eigenvalue weighted by molar-refractivity contribution is -0.290. The number of aliphatic hydroxyl groups excluding tert-OH is 3. The number of hydrogen-bond donors (Lipinski definition) is 4. The zero-order valence-corrected chi connectivity index (χ0v) is 12.3. The lowest BCUT2D eigenvalue weighted by atomic mass is 9.97. The Hall–Kier alpha value is -1.51. The van der Waals surface area contributed by atoms with Gasteiger partial charge in [-0.1, -0.05) is 18.2 Å². The number of benzene rings is 1. The standard InChI is InChI=1S/C15H21NO6/c1-21-15-13(19)12(18)11(17)10(22-15)7-8-16-14(20)9-5-3-2-4-6-9/h2-6,10-13,15,17-19H,7-8H2,1H3,(H,16,20)/t10-,11+,12+,13-,15+/m1/s1. The SMILES string of the molecule is CO[C@H]1O[C@H](CCNC(=O)c2ccccc2)[C@H](O)[C@H](O)[C@H]1O. The van der Waals surface area contributed by atoms with Crippen molar-refractivity contribution < 1.29 is 29.6 Å². The molecule has 7 heteroatoms. The van der Waals surface area contributed by atoms with E-state index in [1.807, 2.05) is 6.07 Å². The second kappa shape index (κ2) is 7.66. The van der Waals surface area contributed by atoms with Crippen molar-refractivity contribution in [1.29, 1.82) is 0 Å². The summed E-state index contributed by atoms with van der Waals surface area (Å²) in [7, 11) is 1.34. The Kier molecular flexibility index (Phi) is 5.87. The number of rotatable bonds is 5. The first kappa shape index (κ1) is 16.9. The third-order valence-corrected chi connectivity index (χ3v) is 3.65. The highest BCUT2D eigenvalue weighted by atomic mass is 16.7. The Morgan fingerprint density at radius 2 is 1.86 bits per heavy atom. The van der Waals surface area contributed by atoms with E-state index >= 15 is 0 Å². The molecule has 4 N–H and O–H groups in total. The Labute approximate surface area is 128 Å². The summed E-state index contributed by atoms with van der Waals surface area (Å²) in [5.41, 5.74) is 0.540. The van der Waals surface area contributed by atoms with Crippen molar-refractivity contribution >= 4 is 5.91 Å². The molecule has 0 aliphatic carbocycles. The molecule has 0 saturated carbocycles. The molecule has 1 heterocycles. The molecule has 1 aliphatic heterocycles. The van der Waals surface area contributed by atoms with Crippen LogP contribution in [-0.4, -0.2) is 65.6 Å². The van der Waals surface area contributed by atoms with Crippen molar-refractivity contribution in [2.45, 2.75) is 37.1 Å². The lowest BCUT2D eigenvalue weighted by Gasteiger charge is -2.39. The van der Waals surface area contributed by atoms with E-state index in [0.717, 1.165) is 0 Å². The Balaban J connectivity index is 1.84. The van der Waals surface area contributed by atoms with Crippen molar-refractivity contribution in [2.75, 3.05) is 13.7 Å². The fourth-order valence-corrected chi connectivity index (χ4v) is 2.37. The van der Waals surface area contributed by atoms with Gasteiger partial charge in [-0.2, -0.15) is 0 Å². The van der Waals surface area contributed by atoms with Gasteiger partial charge in [-0.15, -0.1) is 0 Å². The minimum absolute atomic E-state index is 0.227. The molecule has 0 spiro atoms. The predicted molar refractivity (Wildman–Crippen MR) is 77.1 cm³/mol. The molecule has 1 aromatic rings. The summed E-state index contributed by atoms with van der Waals surface area (Å²) in [6.45, 7) is 0.259. The second-order valence-electron chi connectivity index (χ2n) is 5.16. The highest BCUT2D eigenvalue weighted by Crippen LogP contribution is 2.23. The number of amides is 1. The number of nitrogens with one attached hydrogen (secondary N) is 1. The van der Waals surface area contributed by atoms with Gasteiger partial charge in [0.25, 0.3) is 5.91 Å². The van der Waals surface area contributed by atoms with Gasteiger partial charge in [-0.3, -0.25) is 4.79 Å². The molecular weight excluding hydrogens is 290 g/mol. The second-order valence-corrected chi connectivity index (χ2v) is 5.16. The quantitative estimate of drug-likeness (QED) is 0.570. The van der Waals surface area contributed by atoms with Crippen molar-refractivity contribution in [3.63, 3.8) is 0 Å². The molecule has 1 aromatic carbocycles. The van der Waals surface area contributed by atoms with Gasteiger partial charge in [0, 0.05) is 19.2 Å². The highest BCUT2D eigenvalue weighted by molar-refractivity contribution is 5.94. The van der Waals surface area contributed by atoms with E-state index in [2.05, 4.69) is 5.32 Å². The first-order chi connectivity index (χ1) is 10.5. The molecule has 122 valence electrons. The molecule has 0 radical (unpaired) electrons. The molecule has 1 amide bonds. The average molecular weight is 311 g/mol. The smallest absolute Gasteiger partial charge is 0.251 e. The largest absolute Gasteiger partial charge is 0.388 e. The van der Waals surface area contributed by atoms with Crippen LogP contribution in [0.25, 0.3) is 0 Å². The molecule has 2 rings (SSSR count). The zero-order chi connectivity index (χ0) is 16.1. The van der Waals surface area contributed by atoms with Crippen LogP contribution in [0.2, 0.25) is 0 Å². The molecule has 22 heavy (non-hydrogen) atoms. The molecule has 0 aromatic heterocycles. The minimum Gasteiger partial charge on any atom is -0.388 e. The Morgan fingerprint density at radius 1 is 1.18 bits per heavy atom. The summed E-state index contributed by atoms with van der Waals surface area (Å²) in [6.07, 6.45) is -5.37. The van der Waals surface area contributed by atoms with Gasteiger partial charge in [0.15, 0.2) is 6.29 Å². The highest BCUT2D eigenvalue weighted by Gasteiger charge is 2.43. The van der Waals surface area contributed by atoms with Gasteiger partial charge < -0.3 is 30.1 Å². The molecular formula is C15H21NO6. The maximum Gasteiger partial charge on any atom is 0.251 e. The van der Waals surface area contributed by atoms with Gasteiger partial charge in [0.1, 0.15) is 18.3 Å². The first-order valence-corrected chi connectivity index (χ1v) is 7.10. The van der Waals surface area contributed by atoms with E-state index < -0.39 is 30.7 Å². The van der Waals surface area contributed by atoms with E-state index in [-0.39, 0.29) is 18.9 Å². The van der Waals surface area contributed by atoms with Gasteiger partial charge in [0.2, 0.25) is 0 Å². The van der Waals surface area contributed by atoms with Gasteiger partial charge in [-0.05, 0) is 18.6 Å². The summed E-state index contributed by atoms with van der Waals surface area (Å²) < 4.78 is 10.3. The van der Waals surface area contributed by atoms with Crippen molar-refractivity contribution in [2.24, 2.45) is 0 Å². The average Bonchev–Trinajstić information content (AvgIpc) is 2.55. The van der Waals surface area contributed by atoms with E-state index in [1.165, 1.54) is 7.11 Å². The molecule has 7 nitrogen and oxygen atoms in total. The van der Waals surface area contributed by atoms with Crippen LogP contribution in [-0.2, 0) is 9.47 Å². The van der Waals surface area contributed by atoms with Crippen LogP contribution in [0.4, 0.5) is 0 Å². The topological polar surface area (TPSA) is 108 Å². The maximum absolute atomic E-state index is 11.9. The molecule has 1 fully saturated rings. The molecule has 0 unspecified atom stereocenters. The summed E-state index contributed by atoms with van der Waals surface area (Å²) in [5, 5.41) is 32.0. The number of methoxy groups -OCH3 is 1. The monoisotopic (exact) mass is 311 g/mol. The number of aliphatic hydroxyl groups is 3. The van der Waals surface area contributed by atoms with E-state index in [0.29, 0.717) is 5.56 Å². The Morgan fingerprint density at radius 3 is 2.50 bits per heavy atom. The van der Waals surface area contributed by atoms with Gasteiger partial charge >= 0.3 is 0 Å². The number of carbonyl (C=O) groups is 1. The summed E-state index contributed by atoms with van der Waals surface area (Å²) in [5.74, 6) is -0.227. The third kappa shape index (κ3) is 3.82. The molecule has 1 saturated heterocycles. The van der Waals surface area contributed by atoms with E-state index in [4.69, 9.17) is 9.47 Å². The lowest BCUT2D eigenvalue weighted by Crippen LogP contribution is -2.58. The van der Waals surface area contributed by atoms with E-state index in [1.54, 1.807) is 24.3 Å². The fraction of sp³-hybridized carbons (Fsp3) is 0.533. The van der Waals surface area contributed by atoms with Crippen molar-refractivity contribution in [3.8, 4) is 0 Å². The zero-order valence-electron chi connectivity index (χ0n) is 12.3. The molecule has 0 bridgehead atoms. The molecule has 1 aliphatic rings. The predicted octanol–water partition coefficient (Wildman–Crippen LogP) is -0.740. The summed E-state index contributed by atoms with van der Waals surface area (Å²) >= 11 is 0. The number of hydrogen-bond acceptors (Lipinski definition) is 6. The Bertz CT molecular complexity index is 480. The van der Waals surface area contributed by atoms with Crippen LogP contribution in [0.5, 0.6) is 0 Å². The van der Waals surface area contributed by atoms with E-state index in [9.17, 15) is 20.1 Å². The van der Waals surface area contributed by atoms with Gasteiger partial charge in [-0.25, -0.2) is 0 Å². The van der Waals surface area contributed by atoms with Crippen LogP contribution < -0.4 is 5.32 Å². The normalized spacial score (nSPS) is 31.7. The summed E-state index contributed by atoms with van der Waals surface area (Å²) in [6, 6.07) is 8.75. The van der Waals surface area contributed by atoms with Crippen LogP contribution in [0.1, 0.15) is 16.8 Å². The van der Waals surface area contributed by atoms with Crippen LogP contribution in [0, 0.1) is 0 Å². The number of carbonyl (C=O) groups excluding carboxylic acids is 1. The van der Waals surface area contributed by atoms with Crippen LogP contribution in [0.3, 0.4) is 0 Å². The van der Waals surface area contributed by atoms with Gasteiger partial charge in [0.05, 0.1) is 6.10 Å². The molecule has 5 atom stereocenters. The van der Waals surface area contributed by atoms with Crippen LogP contribution in [0.15, 0.2) is 30.3 Å². The number of ether oxygens (including phenoxy) is 2. The minimum atomic E-state index is -1.35. The first-order valence-electron chi connectivity index (χ1n) is 7.10.